The average molecular weight is 650 g/mol. The van der Waals surface area contributed by atoms with Gasteiger partial charge in [-0.25, -0.2) is 4.39 Å². The number of carbonyl (C=O) groups is 1. The molecule has 0 aliphatic heterocycles. The number of rotatable bonds is 8. The molecule has 0 saturated carbocycles. The fraction of sp³-hybridized carbons (Fsp3) is 0.321. The van der Waals surface area contributed by atoms with Gasteiger partial charge < -0.3 is 9.47 Å². The Morgan fingerprint density at radius 3 is 1.11 bits per heavy atom. The van der Waals surface area contributed by atoms with Crippen molar-refractivity contribution in [2.75, 3.05) is 0 Å². The first-order valence-electron chi connectivity index (χ1n) is 12.2. The van der Waals surface area contributed by atoms with Crippen LogP contribution in [0.25, 0.3) is 0 Å². The van der Waals surface area contributed by atoms with Crippen molar-refractivity contribution in [3.8, 4) is 0 Å². The molecule has 3 aromatic carbocycles. The Bertz CT molecular complexity index is 1320. The summed E-state index contributed by atoms with van der Waals surface area (Å²) >= 11 is 0. The molecule has 0 bridgehead atoms. The van der Waals surface area contributed by atoms with E-state index in [0.717, 1.165) is 38.1 Å². The van der Waals surface area contributed by atoms with Crippen molar-refractivity contribution in [1.82, 2.24) is 0 Å². The highest BCUT2D eigenvalue weighted by Gasteiger charge is 2.39. The van der Waals surface area contributed by atoms with Gasteiger partial charge >= 0.3 is 24.7 Å². The zero-order valence-corrected chi connectivity index (χ0v) is 22.1. The molecule has 0 amide bonds. The molecule has 3 nitrogen and oxygen atoms in total. The minimum atomic E-state index is -5.25. The van der Waals surface area contributed by atoms with Gasteiger partial charge in [0, 0.05) is 5.56 Å². The molecule has 44 heavy (non-hydrogen) atoms. The number of ether oxygens (including phenoxy) is 2. The monoisotopic (exact) mass is 650 g/mol. The van der Waals surface area contributed by atoms with Crippen molar-refractivity contribution in [2.24, 2.45) is 0 Å². The van der Waals surface area contributed by atoms with E-state index in [0.29, 0.717) is 24.3 Å². The van der Waals surface area contributed by atoms with Gasteiger partial charge in [-0.15, -0.1) is 0 Å². The molecule has 240 valence electrons. The minimum Gasteiger partial charge on any atom is -0.338 e. The lowest BCUT2D eigenvalue weighted by molar-refractivity contribution is -0.164. The molecule has 0 saturated heterocycles. The first kappa shape index (κ1) is 34.8. The Kier molecular flexibility index (Phi) is 9.80. The molecule has 16 heteroatoms. The smallest absolute Gasteiger partial charge is 0.338 e. The zero-order valence-electron chi connectivity index (χ0n) is 22.1. The Morgan fingerprint density at radius 1 is 0.545 bits per heavy atom. The summed E-state index contributed by atoms with van der Waals surface area (Å²) in [6.07, 6.45) is -26.9. The summed E-state index contributed by atoms with van der Waals surface area (Å²) in [5.74, 6) is -2.05. The molecule has 2 atom stereocenters. The maximum atomic E-state index is 13.4. The Morgan fingerprint density at radius 2 is 0.841 bits per heavy atom. The molecule has 0 unspecified atom stereocenters. The van der Waals surface area contributed by atoms with E-state index in [9.17, 15) is 61.9 Å². The highest BCUT2D eigenvalue weighted by molar-refractivity contribution is 5.98. The van der Waals surface area contributed by atoms with E-state index in [1.54, 1.807) is 0 Å². The van der Waals surface area contributed by atoms with Crippen molar-refractivity contribution in [3.63, 3.8) is 0 Å². The van der Waals surface area contributed by atoms with Crippen LogP contribution in [0.5, 0.6) is 0 Å². The SMILES string of the molecule is C[C@H](OC(O[C@@H](C)c1cc(C(F)(F)F)cc(C(F)(F)F)c1)C(=O)c1ccc(F)cc1)c1cc(C(F)(F)F)cc(C(F)(F)F)c1. The van der Waals surface area contributed by atoms with Crippen molar-refractivity contribution in [3.05, 3.63) is 105 Å². The molecule has 3 aromatic rings. The molecule has 0 radical (unpaired) electrons. The van der Waals surface area contributed by atoms with Gasteiger partial charge in [-0.1, -0.05) is 0 Å². The second kappa shape index (κ2) is 12.4. The molecule has 0 heterocycles. The number of hydrogen-bond donors (Lipinski definition) is 0. The number of Topliss-reactive ketones (excluding diaryl/α,β-unsaturated/α-hetero) is 1. The maximum absolute atomic E-state index is 13.4. The highest BCUT2D eigenvalue weighted by atomic mass is 19.4. The maximum Gasteiger partial charge on any atom is 0.416 e. The molecule has 0 fully saturated rings. The van der Waals surface area contributed by atoms with Gasteiger partial charge in [-0.3, -0.25) is 4.79 Å². The lowest BCUT2D eigenvalue weighted by Crippen LogP contribution is -2.30. The first-order valence-corrected chi connectivity index (χ1v) is 12.2. The summed E-state index contributed by atoms with van der Waals surface area (Å²) in [6.45, 7) is 1.86. The van der Waals surface area contributed by atoms with Crippen molar-refractivity contribution in [2.45, 2.75) is 57.1 Å². The number of carbonyl (C=O) groups excluding carboxylic acids is 1. The van der Waals surface area contributed by atoms with Gasteiger partial charge in [-0.2, -0.15) is 52.7 Å². The number of alkyl halides is 12. The van der Waals surface area contributed by atoms with Crippen molar-refractivity contribution < 1.29 is 71.3 Å². The van der Waals surface area contributed by atoms with Crippen LogP contribution in [0, 0.1) is 5.82 Å². The number of benzene rings is 3. The lowest BCUT2D eigenvalue weighted by Gasteiger charge is -2.27. The largest absolute Gasteiger partial charge is 0.416 e. The fourth-order valence-electron chi connectivity index (χ4n) is 3.86. The van der Waals surface area contributed by atoms with Crippen LogP contribution in [0.3, 0.4) is 0 Å². The summed E-state index contributed by atoms with van der Waals surface area (Å²) in [4.78, 5) is 13.2. The number of halogens is 13. The number of ketones is 1. The Labute approximate surface area is 240 Å². The van der Waals surface area contributed by atoms with Crippen LogP contribution in [0.1, 0.15) is 69.8 Å². The van der Waals surface area contributed by atoms with E-state index in [-0.39, 0.29) is 17.7 Å². The van der Waals surface area contributed by atoms with E-state index in [1.807, 2.05) is 0 Å². The van der Waals surface area contributed by atoms with Crippen molar-refractivity contribution >= 4 is 5.78 Å². The molecule has 0 aromatic heterocycles. The van der Waals surface area contributed by atoms with Crippen molar-refractivity contribution in [1.29, 1.82) is 0 Å². The van der Waals surface area contributed by atoms with Gasteiger partial charge in [0.15, 0.2) is 0 Å². The summed E-state index contributed by atoms with van der Waals surface area (Å²) in [5.41, 5.74) is -8.78. The van der Waals surface area contributed by atoms with Gasteiger partial charge in [0.1, 0.15) is 5.82 Å². The molecule has 0 aliphatic rings. The normalized spacial score (nSPS) is 14.5. The third-order valence-electron chi connectivity index (χ3n) is 6.16. The molecule has 0 spiro atoms. The van der Waals surface area contributed by atoms with Crippen LogP contribution in [-0.4, -0.2) is 12.1 Å². The second-order valence-corrected chi connectivity index (χ2v) is 9.44. The second-order valence-electron chi connectivity index (χ2n) is 9.44. The van der Waals surface area contributed by atoms with Crippen LogP contribution in [-0.2, 0) is 34.2 Å². The van der Waals surface area contributed by atoms with Gasteiger partial charge in [0.2, 0.25) is 12.1 Å². The van der Waals surface area contributed by atoms with E-state index >= 15 is 0 Å². The average Bonchev–Trinajstić information content (AvgIpc) is 2.90. The van der Waals surface area contributed by atoms with Crippen LogP contribution >= 0.6 is 0 Å². The van der Waals surface area contributed by atoms with Gasteiger partial charge in [0.25, 0.3) is 0 Å². The van der Waals surface area contributed by atoms with Crippen LogP contribution in [0.4, 0.5) is 57.1 Å². The summed E-state index contributed by atoms with van der Waals surface area (Å²) in [6, 6.07) is 4.23. The topological polar surface area (TPSA) is 35.5 Å². The van der Waals surface area contributed by atoms with E-state index in [2.05, 4.69) is 0 Å². The van der Waals surface area contributed by atoms with Crippen LogP contribution in [0.15, 0.2) is 60.7 Å². The summed E-state index contributed by atoms with van der Waals surface area (Å²) < 4.78 is 184. The third kappa shape index (κ3) is 8.71. The summed E-state index contributed by atoms with van der Waals surface area (Å²) in [5, 5.41) is 0. The standard InChI is InChI=1S/C28H19F13O3/c1-13(16-7-18(25(30,31)32)11-19(8-16)26(33,34)35)43-24(23(42)15-3-5-22(29)6-4-15)44-14(2)17-9-20(27(36,37)38)12-21(10-17)28(39,40)41/h3-14,24H,1-2H3/t13-,14-/m0/s1. The highest BCUT2D eigenvalue weighted by Crippen LogP contribution is 2.40. The minimum absolute atomic E-state index is 0.165. The van der Waals surface area contributed by atoms with E-state index in [4.69, 9.17) is 9.47 Å². The Balaban J connectivity index is 2.07. The van der Waals surface area contributed by atoms with Gasteiger partial charge in [0.05, 0.1) is 34.5 Å². The number of hydrogen-bond acceptors (Lipinski definition) is 3. The molecule has 0 aliphatic carbocycles. The Hall–Kier alpha value is -3.66. The molecule has 3 rings (SSSR count). The fourth-order valence-corrected chi connectivity index (χ4v) is 3.86. The van der Waals surface area contributed by atoms with Crippen LogP contribution in [0.2, 0.25) is 0 Å². The first-order chi connectivity index (χ1) is 20.0. The third-order valence-corrected chi connectivity index (χ3v) is 6.16. The predicted octanol–water partition coefficient (Wildman–Crippen LogP) is 9.97. The summed E-state index contributed by atoms with van der Waals surface area (Å²) in [7, 11) is 0. The molecular formula is C28H19F13O3. The van der Waals surface area contributed by atoms with Gasteiger partial charge in [-0.05, 0) is 85.6 Å². The quantitative estimate of drug-likeness (QED) is 0.138. The predicted molar refractivity (Wildman–Crippen MR) is 126 cm³/mol. The molecular weight excluding hydrogens is 631 g/mol. The van der Waals surface area contributed by atoms with E-state index < -0.39 is 88.2 Å². The zero-order chi connectivity index (χ0) is 33.4. The molecule has 0 N–H and O–H groups in total. The lowest BCUT2D eigenvalue weighted by atomic mass is 10.0. The van der Waals surface area contributed by atoms with E-state index in [1.165, 1.54) is 0 Å². The van der Waals surface area contributed by atoms with Crippen LogP contribution < -0.4 is 0 Å².